The summed E-state index contributed by atoms with van der Waals surface area (Å²) >= 11 is 56.1. The van der Waals surface area contributed by atoms with Gasteiger partial charge in [-0.1, -0.05) is 104 Å². The van der Waals surface area contributed by atoms with E-state index in [1.165, 1.54) is 18.2 Å². The highest BCUT2D eigenvalue weighted by molar-refractivity contribution is 7.49. The molecule has 0 radical (unpaired) electrons. The summed E-state index contributed by atoms with van der Waals surface area (Å²) in [6.07, 6.45) is 0. The van der Waals surface area contributed by atoms with Gasteiger partial charge in [0.25, 0.3) is 0 Å². The average molecular weight is 678 g/mol. The molecule has 0 N–H and O–H groups in total. The molecule has 0 aliphatic heterocycles. The van der Waals surface area contributed by atoms with Crippen molar-refractivity contribution in [2.75, 3.05) is 0 Å². The van der Waals surface area contributed by atoms with E-state index >= 15 is 0 Å². The molecule has 3 aromatic carbocycles. The summed E-state index contributed by atoms with van der Waals surface area (Å²) in [6.45, 7) is 4.69. The van der Waals surface area contributed by atoms with Crippen LogP contribution in [-0.4, -0.2) is 0 Å². The summed E-state index contributed by atoms with van der Waals surface area (Å²) in [5, 5.41) is 0.346. The highest BCUT2D eigenvalue weighted by atomic mass is 35.5. The van der Waals surface area contributed by atoms with Crippen molar-refractivity contribution in [2.24, 2.45) is 0 Å². The van der Waals surface area contributed by atoms with Gasteiger partial charge >= 0.3 is 7.82 Å². The number of rotatable bonds is 6. The van der Waals surface area contributed by atoms with Crippen LogP contribution >= 0.6 is 112 Å². The van der Waals surface area contributed by atoms with Crippen LogP contribution in [0.4, 0.5) is 0 Å². The van der Waals surface area contributed by atoms with Gasteiger partial charge in [0.05, 0.1) is 15.1 Å². The van der Waals surface area contributed by atoms with Crippen molar-refractivity contribution in [3.8, 4) is 17.2 Å². The van der Waals surface area contributed by atoms with Gasteiger partial charge in [0, 0.05) is 31.8 Å². The lowest BCUT2D eigenvalue weighted by Gasteiger charge is -2.24. The first-order chi connectivity index (χ1) is 16.2. The third kappa shape index (κ3) is 6.15. The second kappa shape index (κ2) is 11.3. The first-order valence-electron chi connectivity index (χ1n) is 9.28. The predicted octanol–water partition coefficient (Wildman–Crippen LogP) is 12.1. The van der Waals surface area contributed by atoms with Gasteiger partial charge in [0.2, 0.25) is 0 Å². The van der Waals surface area contributed by atoms with Crippen molar-refractivity contribution in [1.29, 1.82) is 0 Å². The van der Waals surface area contributed by atoms with E-state index in [-0.39, 0.29) is 62.5 Å². The normalized spacial score (nSPS) is 11.5. The molecule has 0 aromatic heterocycles. The Morgan fingerprint density at radius 3 is 0.943 bits per heavy atom. The molecule has 4 nitrogen and oxygen atoms in total. The van der Waals surface area contributed by atoms with Gasteiger partial charge in [-0.3, -0.25) is 0 Å². The van der Waals surface area contributed by atoms with Crippen LogP contribution in [0.2, 0.25) is 45.2 Å². The molecule has 3 rings (SSSR count). The summed E-state index contributed by atoms with van der Waals surface area (Å²) in [6, 6.07) is 4.20. The molecule has 0 bridgehead atoms. The quantitative estimate of drug-likeness (QED) is 0.192. The van der Waals surface area contributed by atoms with Crippen LogP contribution in [0.15, 0.2) is 18.2 Å². The maximum atomic E-state index is 14.2. The number of hydrogen-bond donors (Lipinski definition) is 0. The van der Waals surface area contributed by atoms with Crippen molar-refractivity contribution in [3.05, 3.63) is 80.1 Å². The summed E-state index contributed by atoms with van der Waals surface area (Å²) < 4.78 is 31.4. The lowest BCUT2D eigenvalue weighted by atomic mass is 10.2. The van der Waals surface area contributed by atoms with Gasteiger partial charge in [-0.15, -0.1) is 0 Å². The Bertz CT molecular complexity index is 1150. The second-order valence-electron chi connectivity index (χ2n) is 7.05. The zero-order chi connectivity index (χ0) is 26.4. The zero-order valence-corrected chi connectivity index (χ0v) is 25.4. The number of halogens is 9. The fourth-order valence-corrected chi connectivity index (χ4v) is 6.38. The largest absolute Gasteiger partial charge is 0.647 e. The zero-order valence-electron chi connectivity index (χ0n) is 17.7. The molecule has 3 aromatic rings. The van der Waals surface area contributed by atoms with Gasteiger partial charge in [-0.05, 0) is 39.0 Å². The van der Waals surface area contributed by atoms with Crippen LogP contribution < -0.4 is 13.6 Å². The average Bonchev–Trinajstić information content (AvgIpc) is 2.79. The van der Waals surface area contributed by atoms with Crippen LogP contribution in [0.3, 0.4) is 0 Å². The van der Waals surface area contributed by atoms with Crippen molar-refractivity contribution in [2.45, 2.75) is 20.8 Å². The predicted molar refractivity (Wildman–Crippen MR) is 148 cm³/mol. The first kappa shape index (κ1) is 29.5. The minimum atomic E-state index is -4.77. The highest BCUT2D eigenvalue weighted by Crippen LogP contribution is 2.58. The number of hydrogen-bond acceptors (Lipinski definition) is 4. The number of benzene rings is 3. The number of phosphoric acid groups is 1. The van der Waals surface area contributed by atoms with E-state index < -0.39 is 7.82 Å². The second-order valence-corrected chi connectivity index (χ2v) is 12.1. The Balaban J connectivity index is 2.25. The third-order valence-electron chi connectivity index (χ3n) is 4.69. The van der Waals surface area contributed by atoms with Crippen LogP contribution in [0.25, 0.3) is 0 Å². The fraction of sp³-hybridized carbons (Fsp3) is 0.143. The van der Waals surface area contributed by atoms with Crippen LogP contribution in [0, 0.1) is 20.8 Å². The summed E-state index contributed by atoms with van der Waals surface area (Å²) in [5.74, 6) is -0.510. The van der Waals surface area contributed by atoms with Crippen LogP contribution in [-0.2, 0) is 4.57 Å². The molecule has 0 unspecified atom stereocenters. The molecule has 0 heterocycles. The van der Waals surface area contributed by atoms with Gasteiger partial charge in [0.1, 0.15) is 15.1 Å². The van der Waals surface area contributed by atoms with E-state index in [1.807, 2.05) is 0 Å². The molecule has 0 fully saturated rings. The monoisotopic (exact) mass is 674 g/mol. The topological polar surface area (TPSA) is 44.8 Å². The van der Waals surface area contributed by atoms with Gasteiger partial charge in [-0.2, -0.15) is 4.57 Å². The number of phosphoric ester groups is 1. The van der Waals surface area contributed by atoms with E-state index in [0.29, 0.717) is 16.7 Å². The lowest BCUT2D eigenvalue weighted by Crippen LogP contribution is -2.11. The van der Waals surface area contributed by atoms with E-state index in [1.54, 1.807) is 20.8 Å². The summed E-state index contributed by atoms with van der Waals surface area (Å²) in [4.78, 5) is 0. The standard InChI is InChI=1S/C21H12Cl9O4P/c1-7-10(22)4-13(25)16(28)19(7)32-35(31,33-20-8(2)11(23)5-14(26)17(20)29)34-21-9(3)12(24)6-15(27)18(21)30/h4-6H,1-3H3. The molecule has 0 aliphatic carbocycles. The Morgan fingerprint density at radius 1 is 0.486 bits per heavy atom. The van der Waals surface area contributed by atoms with E-state index in [2.05, 4.69) is 0 Å². The molecule has 0 aliphatic rings. The highest BCUT2D eigenvalue weighted by Gasteiger charge is 2.39. The molecule has 0 saturated heterocycles. The van der Waals surface area contributed by atoms with Crippen LogP contribution in [0.5, 0.6) is 17.2 Å². The smallest absolute Gasteiger partial charge is 0.384 e. The maximum Gasteiger partial charge on any atom is 0.647 e. The van der Waals surface area contributed by atoms with Crippen molar-refractivity contribution >= 4 is 112 Å². The van der Waals surface area contributed by atoms with E-state index in [0.717, 1.165) is 0 Å². The fourth-order valence-electron chi connectivity index (χ4n) is 2.71. The van der Waals surface area contributed by atoms with Crippen LogP contribution in [0.1, 0.15) is 16.7 Å². The molecule has 14 heteroatoms. The van der Waals surface area contributed by atoms with Crippen molar-refractivity contribution in [1.82, 2.24) is 0 Å². The Hall–Kier alpha value is -0.100. The summed E-state index contributed by atoms with van der Waals surface area (Å²) in [5.41, 5.74) is 0.896. The van der Waals surface area contributed by atoms with Gasteiger partial charge in [-0.25, -0.2) is 0 Å². The Morgan fingerprint density at radius 2 is 0.714 bits per heavy atom. The molecule has 0 saturated carbocycles. The van der Waals surface area contributed by atoms with Crippen molar-refractivity contribution in [3.63, 3.8) is 0 Å². The third-order valence-corrected chi connectivity index (χ3v) is 9.40. The Kier molecular flexibility index (Phi) is 9.54. The SMILES string of the molecule is Cc1c(Cl)cc(Cl)c(Cl)c1OP(=O)(Oc1c(C)c(Cl)cc(Cl)c1Cl)Oc1c(C)c(Cl)cc(Cl)c1Cl. The minimum Gasteiger partial charge on any atom is -0.384 e. The minimum absolute atomic E-state index is 0.0313. The summed E-state index contributed by atoms with van der Waals surface area (Å²) in [7, 11) is -4.77. The van der Waals surface area contributed by atoms with Gasteiger partial charge < -0.3 is 13.6 Å². The van der Waals surface area contributed by atoms with Crippen molar-refractivity contribution < 1.29 is 18.1 Å². The molecular formula is C21H12Cl9O4P. The van der Waals surface area contributed by atoms with E-state index in [4.69, 9.17) is 118 Å². The molecule has 0 spiro atoms. The molecule has 188 valence electrons. The van der Waals surface area contributed by atoms with E-state index in [9.17, 15) is 4.57 Å². The maximum absolute atomic E-state index is 14.2. The molecular weight excluding hydrogens is 666 g/mol. The molecule has 0 atom stereocenters. The lowest BCUT2D eigenvalue weighted by molar-refractivity contribution is 0.296. The Labute approximate surface area is 246 Å². The first-order valence-corrected chi connectivity index (χ1v) is 14.1. The molecule has 0 amide bonds. The molecule has 35 heavy (non-hydrogen) atoms. The van der Waals surface area contributed by atoms with Gasteiger partial charge in [0.15, 0.2) is 17.2 Å².